The Labute approximate surface area is 196 Å². The lowest BCUT2D eigenvalue weighted by Gasteiger charge is -2.16. The molecule has 6 nitrogen and oxygen atoms in total. The highest BCUT2D eigenvalue weighted by molar-refractivity contribution is 6.35. The molecule has 0 aliphatic heterocycles. The van der Waals surface area contributed by atoms with Gasteiger partial charge in [0, 0.05) is 22.2 Å². The first kappa shape index (κ1) is 23.6. The minimum Gasteiger partial charge on any atom is -0.495 e. The van der Waals surface area contributed by atoms with Gasteiger partial charge in [0.15, 0.2) is 11.5 Å². The van der Waals surface area contributed by atoms with Gasteiger partial charge in [-0.1, -0.05) is 35.3 Å². The Balaban J connectivity index is 1.76. The summed E-state index contributed by atoms with van der Waals surface area (Å²) in [6, 6.07) is 15.5. The predicted molar refractivity (Wildman–Crippen MR) is 126 cm³/mol. The Kier molecular flexibility index (Phi) is 8.09. The van der Waals surface area contributed by atoms with Crippen LogP contribution in [0.3, 0.4) is 0 Å². The highest BCUT2D eigenvalue weighted by Crippen LogP contribution is 2.32. The van der Waals surface area contributed by atoms with E-state index in [1.807, 2.05) is 25.1 Å². The molecule has 2 N–H and O–H groups in total. The number of carboxylic acid groups (broad SMARTS) is 1. The number of benzene rings is 3. The molecule has 0 amide bonds. The molecule has 3 aromatic carbocycles. The molecule has 0 aromatic heterocycles. The highest BCUT2D eigenvalue weighted by Gasteiger charge is 2.12. The molecule has 3 rings (SSSR count). The first-order valence-corrected chi connectivity index (χ1v) is 10.6. The van der Waals surface area contributed by atoms with E-state index in [0.717, 1.165) is 5.56 Å². The van der Waals surface area contributed by atoms with Gasteiger partial charge in [-0.2, -0.15) is 0 Å². The molecule has 0 fully saturated rings. The van der Waals surface area contributed by atoms with Crippen LogP contribution in [0.5, 0.6) is 17.2 Å². The molecular weight excluding hydrogens is 453 g/mol. The average Bonchev–Trinajstić information content (AvgIpc) is 2.78. The first-order chi connectivity index (χ1) is 15.4. The van der Waals surface area contributed by atoms with E-state index in [-0.39, 0.29) is 12.2 Å². The second-order valence-electron chi connectivity index (χ2n) is 6.78. The molecule has 0 aliphatic rings. The summed E-state index contributed by atoms with van der Waals surface area (Å²) in [6.07, 6.45) is 0. The van der Waals surface area contributed by atoms with E-state index in [9.17, 15) is 9.90 Å². The Morgan fingerprint density at radius 3 is 2.34 bits per heavy atom. The topological polar surface area (TPSA) is 77.0 Å². The summed E-state index contributed by atoms with van der Waals surface area (Å²) in [5.41, 5.74) is 2.37. The van der Waals surface area contributed by atoms with Crippen LogP contribution in [-0.4, -0.2) is 24.8 Å². The monoisotopic (exact) mass is 475 g/mol. The molecule has 168 valence electrons. The summed E-state index contributed by atoms with van der Waals surface area (Å²) in [4.78, 5) is 11.3. The van der Waals surface area contributed by atoms with Crippen molar-refractivity contribution < 1.29 is 24.1 Å². The van der Waals surface area contributed by atoms with E-state index < -0.39 is 5.97 Å². The molecule has 0 saturated carbocycles. The Bertz CT molecular complexity index is 1080. The fourth-order valence-electron chi connectivity index (χ4n) is 3.05. The van der Waals surface area contributed by atoms with Crippen molar-refractivity contribution in [3.8, 4) is 17.2 Å². The Hall–Kier alpha value is -3.09. The molecular formula is C24H23Cl2NO5. The second kappa shape index (κ2) is 11.0. The van der Waals surface area contributed by atoms with Crippen molar-refractivity contribution in [1.29, 1.82) is 0 Å². The van der Waals surface area contributed by atoms with Gasteiger partial charge in [-0.25, -0.2) is 4.79 Å². The van der Waals surface area contributed by atoms with Crippen LogP contribution >= 0.6 is 23.2 Å². The number of nitrogens with one attached hydrogen (secondary N) is 1. The number of anilines is 1. The number of ether oxygens (including phenoxy) is 3. The van der Waals surface area contributed by atoms with Crippen molar-refractivity contribution in [2.45, 2.75) is 20.1 Å². The predicted octanol–water partition coefficient (Wildman–Crippen LogP) is 6.29. The summed E-state index contributed by atoms with van der Waals surface area (Å²) < 4.78 is 17.0. The quantitative estimate of drug-likeness (QED) is 0.358. The van der Waals surface area contributed by atoms with Crippen LogP contribution in [0.1, 0.15) is 28.4 Å². The number of carbonyl (C=O) groups is 1. The zero-order valence-corrected chi connectivity index (χ0v) is 19.2. The lowest BCUT2D eigenvalue weighted by atomic mass is 10.1. The number of carboxylic acids is 1. The SMILES string of the molecule is CCOc1cc(CNc2cc(C(=O)O)ccc2OC)ccc1OCc1c(Cl)cccc1Cl. The summed E-state index contributed by atoms with van der Waals surface area (Å²) >= 11 is 12.5. The first-order valence-electron chi connectivity index (χ1n) is 9.89. The maximum atomic E-state index is 11.3. The number of methoxy groups -OCH3 is 1. The minimum absolute atomic E-state index is 0.172. The van der Waals surface area contributed by atoms with Crippen LogP contribution in [0.4, 0.5) is 5.69 Å². The van der Waals surface area contributed by atoms with Crippen LogP contribution in [0.25, 0.3) is 0 Å². The summed E-state index contributed by atoms with van der Waals surface area (Å²) in [6.45, 7) is 2.99. The van der Waals surface area contributed by atoms with Gasteiger partial charge in [0.25, 0.3) is 0 Å². The standard InChI is InChI=1S/C24H23Cl2NO5/c1-3-31-23-11-15(13-27-20-12-16(24(28)29)8-10-21(20)30-2)7-9-22(23)32-14-17-18(25)5-4-6-19(17)26/h4-12,27H,3,13-14H2,1-2H3,(H,28,29). The molecule has 3 aromatic rings. The van der Waals surface area contributed by atoms with E-state index in [4.69, 9.17) is 37.4 Å². The molecule has 32 heavy (non-hydrogen) atoms. The van der Waals surface area contributed by atoms with Crippen molar-refractivity contribution in [2.24, 2.45) is 0 Å². The molecule has 0 saturated heterocycles. The van der Waals surface area contributed by atoms with Gasteiger partial charge in [0.05, 0.1) is 25.0 Å². The molecule has 8 heteroatoms. The van der Waals surface area contributed by atoms with E-state index in [2.05, 4.69) is 5.32 Å². The summed E-state index contributed by atoms with van der Waals surface area (Å²) in [5, 5.41) is 13.5. The van der Waals surface area contributed by atoms with E-state index in [1.165, 1.54) is 19.2 Å². The molecule has 0 radical (unpaired) electrons. The highest BCUT2D eigenvalue weighted by atomic mass is 35.5. The van der Waals surface area contributed by atoms with Crippen LogP contribution in [-0.2, 0) is 13.2 Å². The zero-order valence-electron chi connectivity index (χ0n) is 17.7. The molecule has 0 atom stereocenters. The van der Waals surface area contributed by atoms with Crippen LogP contribution in [0.15, 0.2) is 54.6 Å². The molecule has 0 spiro atoms. The number of rotatable bonds is 10. The van der Waals surface area contributed by atoms with Gasteiger partial charge in [-0.15, -0.1) is 0 Å². The Morgan fingerprint density at radius 2 is 1.69 bits per heavy atom. The van der Waals surface area contributed by atoms with Crippen molar-refractivity contribution >= 4 is 34.9 Å². The lowest BCUT2D eigenvalue weighted by molar-refractivity contribution is 0.0697. The zero-order chi connectivity index (χ0) is 23.1. The molecule has 0 unspecified atom stereocenters. The normalized spacial score (nSPS) is 10.5. The van der Waals surface area contributed by atoms with Gasteiger partial charge in [-0.3, -0.25) is 0 Å². The fourth-order valence-corrected chi connectivity index (χ4v) is 3.55. The number of hydrogen-bond donors (Lipinski definition) is 2. The van der Waals surface area contributed by atoms with Gasteiger partial charge in [0.1, 0.15) is 12.4 Å². The van der Waals surface area contributed by atoms with Crippen LogP contribution in [0, 0.1) is 0 Å². The third-order valence-electron chi connectivity index (χ3n) is 4.67. The summed E-state index contributed by atoms with van der Waals surface area (Å²) in [7, 11) is 1.53. The largest absolute Gasteiger partial charge is 0.495 e. The lowest BCUT2D eigenvalue weighted by Crippen LogP contribution is -2.05. The summed E-state index contributed by atoms with van der Waals surface area (Å²) in [5.74, 6) is 0.698. The van der Waals surface area contributed by atoms with Crippen molar-refractivity contribution in [1.82, 2.24) is 0 Å². The minimum atomic E-state index is -1.01. The third-order valence-corrected chi connectivity index (χ3v) is 5.38. The fraction of sp³-hybridized carbons (Fsp3) is 0.208. The number of hydrogen-bond acceptors (Lipinski definition) is 5. The van der Waals surface area contributed by atoms with Crippen LogP contribution < -0.4 is 19.5 Å². The van der Waals surface area contributed by atoms with Gasteiger partial charge in [-0.05, 0) is 55.0 Å². The molecule has 0 bridgehead atoms. The van der Waals surface area contributed by atoms with Crippen LogP contribution in [0.2, 0.25) is 10.0 Å². The maximum Gasteiger partial charge on any atom is 0.335 e. The number of halogens is 2. The van der Waals surface area contributed by atoms with E-state index in [0.29, 0.717) is 51.7 Å². The van der Waals surface area contributed by atoms with Crippen molar-refractivity contribution in [2.75, 3.05) is 19.0 Å². The van der Waals surface area contributed by atoms with E-state index in [1.54, 1.807) is 24.3 Å². The third kappa shape index (κ3) is 5.78. The average molecular weight is 476 g/mol. The van der Waals surface area contributed by atoms with Crippen molar-refractivity contribution in [3.63, 3.8) is 0 Å². The van der Waals surface area contributed by atoms with Gasteiger partial charge in [0.2, 0.25) is 0 Å². The molecule has 0 heterocycles. The van der Waals surface area contributed by atoms with Gasteiger partial charge >= 0.3 is 5.97 Å². The van der Waals surface area contributed by atoms with Crippen molar-refractivity contribution in [3.05, 3.63) is 81.3 Å². The van der Waals surface area contributed by atoms with E-state index >= 15 is 0 Å². The number of aromatic carboxylic acids is 1. The smallest absolute Gasteiger partial charge is 0.335 e. The second-order valence-corrected chi connectivity index (χ2v) is 7.59. The Morgan fingerprint density at radius 1 is 0.969 bits per heavy atom. The van der Waals surface area contributed by atoms with Gasteiger partial charge < -0.3 is 24.6 Å². The maximum absolute atomic E-state index is 11.3. The molecule has 0 aliphatic carbocycles.